The van der Waals surface area contributed by atoms with Crippen LogP contribution in [0.2, 0.25) is 0 Å². The summed E-state index contributed by atoms with van der Waals surface area (Å²) >= 11 is 1.04. The largest absolute Gasteiger partial charge is 0.468 e. The lowest BCUT2D eigenvalue weighted by atomic mass is 10.3. The van der Waals surface area contributed by atoms with Crippen molar-refractivity contribution in [2.24, 2.45) is 0 Å². The van der Waals surface area contributed by atoms with Crippen LogP contribution in [0.5, 0.6) is 0 Å². The van der Waals surface area contributed by atoms with E-state index in [1.807, 2.05) is 0 Å². The number of carbonyl (C=O) groups excluding carboxylic acids is 1. The van der Waals surface area contributed by atoms with Crippen molar-refractivity contribution >= 4 is 29.1 Å². The standard InChI is InChI=1S/C9H10N2O4S/c1-15-9(12)5-16-8-3-2-6(10)4-7(8)11(13)14/h2-4H,5,10H2,1H3. The summed E-state index contributed by atoms with van der Waals surface area (Å²) in [5, 5.41) is 10.7. The van der Waals surface area contributed by atoms with Gasteiger partial charge in [-0.1, -0.05) is 0 Å². The Morgan fingerprint density at radius 1 is 1.62 bits per heavy atom. The second-order valence-corrected chi connectivity index (χ2v) is 3.87. The first-order valence-corrected chi connectivity index (χ1v) is 5.26. The van der Waals surface area contributed by atoms with Crippen LogP contribution in [0.1, 0.15) is 0 Å². The van der Waals surface area contributed by atoms with E-state index in [2.05, 4.69) is 4.74 Å². The number of nitrogens with zero attached hydrogens (tertiary/aromatic N) is 1. The van der Waals surface area contributed by atoms with E-state index >= 15 is 0 Å². The van der Waals surface area contributed by atoms with Crippen LogP contribution in [0, 0.1) is 10.1 Å². The van der Waals surface area contributed by atoms with Crippen molar-refractivity contribution in [3.05, 3.63) is 28.3 Å². The molecule has 0 atom stereocenters. The summed E-state index contributed by atoms with van der Waals surface area (Å²) in [5.41, 5.74) is 5.65. The van der Waals surface area contributed by atoms with Crippen molar-refractivity contribution in [3.63, 3.8) is 0 Å². The number of esters is 1. The molecule has 0 aliphatic heterocycles. The Balaban J connectivity index is 2.87. The molecule has 1 rings (SSSR count). The predicted molar refractivity (Wildman–Crippen MR) is 60.2 cm³/mol. The van der Waals surface area contributed by atoms with Crippen LogP contribution in [-0.4, -0.2) is 23.8 Å². The third-order valence-corrected chi connectivity index (χ3v) is 2.79. The van der Waals surface area contributed by atoms with Gasteiger partial charge in [-0.25, -0.2) is 0 Å². The first kappa shape index (κ1) is 12.3. The minimum atomic E-state index is -0.532. The Hall–Kier alpha value is -1.76. The highest BCUT2D eigenvalue weighted by Gasteiger charge is 2.15. The van der Waals surface area contributed by atoms with Crippen LogP contribution in [0.4, 0.5) is 11.4 Å². The van der Waals surface area contributed by atoms with E-state index < -0.39 is 10.9 Å². The summed E-state index contributed by atoms with van der Waals surface area (Å²) < 4.78 is 4.44. The van der Waals surface area contributed by atoms with Gasteiger partial charge in [0.15, 0.2) is 0 Å². The number of nitro benzene ring substituents is 1. The molecule has 0 bridgehead atoms. The maximum atomic E-state index is 10.9. The summed E-state index contributed by atoms with van der Waals surface area (Å²) in [6, 6.07) is 4.33. The fourth-order valence-corrected chi connectivity index (χ4v) is 1.83. The molecule has 0 saturated heterocycles. The Kier molecular flexibility index (Phi) is 4.12. The number of nitrogens with two attached hydrogens (primary N) is 1. The lowest BCUT2D eigenvalue weighted by Crippen LogP contribution is -2.03. The number of ether oxygens (including phenoxy) is 1. The maximum Gasteiger partial charge on any atom is 0.315 e. The minimum Gasteiger partial charge on any atom is -0.468 e. The first-order chi connectivity index (χ1) is 7.54. The SMILES string of the molecule is COC(=O)CSc1ccc(N)cc1[N+](=O)[O-]. The van der Waals surface area contributed by atoms with Gasteiger partial charge < -0.3 is 10.5 Å². The number of hydrogen-bond acceptors (Lipinski definition) is 6. The average molecular weight is 242 g/mol. The number of methoxy groups -OCH3 is 1. The summed E-state index contributed by atoms with van der Waals surface area (Å²) in [4.78, 5) is 21.5. The molecule has 6 nitrogen and oxygen atoms in total. The molecule has 0 heterocycles. The molecule has 0 amide bonds. The Labute approximate surface area is 95.9 Å². The smallest absolute Gasteiger partial charge is 0.315 e. The van der Waals surface area contributed by atoms with Crippen LogP contribution in [0.15, 0.2) is 23.1 Å². The second kappa shape index (κ2) is 5.36. The van der Waals surface area contributed by atoms with Crippen LogP contribution >= 0.6 is 11.8 Å². The monoisotopic (exact) mass is 242 g/mol. The molecule has 1 aromatic rings. The number of anilines is 1. The quantitative estimate of drug-likeness (QED) is 0.282. The molecule has 0 spiro atoms. The van der Waals surface area contributed by atoms with Crippen LogP contribution in [-0.2, 0) is 9.53 Å². The van der Waals surface area contributed by atoms with E-state index in [1.54, 1.807) is 6.07 Å². The van der Waals surface area contributed by atoms with Crippen molar-refractivity contribution in [3.8, 4) is 0 Å². The number of hydrogen-bond donors (Lipinski definition) is 1. The number of benzene rings is 1. The molecular weight excluding hydrogens is 232 g/mol. The van der Waals surface area contributed by atoms with Crippen LogP contribution < -0.4 is 5.73 Å². The highest BCUT2D eigenvalue weighted by Crippen LogP contribution is 2.30. The Morgan fingerprint density at radius 3 is 2.88 bits per heavy atom. The van der Waals surface area contributed by atoms with Crippen LogP contribution in [0.25, 0.3) is 0 Å². The lowest BCUT2D eigenvalue weighted by Gasteiger charge is -2.02. The molecule has 0 radical (unpaired) electrons. The molecule has 86 valence electrons. The van der Waals surface area contributed by atoms with Gasteiger partial charge in [0.05, 0.1) is 22.7 Å². The van der Waals surface area contributed by atoms with Gasteiger partial charge >= 0.3 is 5.97 Å². The van der Waals surface area contributed by atoms with Gasteiger partial charge in [-0.3, -0.25) is 14.9 Å². The van der Waals surface area contributed by atoms with E-state index in [-0.39, 0.29) is 11.4 Å². The molecule has 0 aromatic heterocycles. The van der Waals surface area contributed by atoms with Crippen molar-refractivity contribution < 1.29 is 14.5 Å². The molecule has 0 aliphatic carbocycles. The third-order valence-electron chi connectivity index (χ3n) is 1.75. The molecule has 1 aromatic carbocycles. The summed E-state index contributed by atoms with van der Waals surface area (Å²) in [5.74, 6) is -0.405. The number of rotatable bonds is 4. The first-order valence-electron chi connectivity index (χ1n) is 4.28. The fraction of sp³-hybridized carbons (Fsp3) is 0.222. The van der Waals surface area contributed by atoms with Crippen molar-refractivity contribution in [1.29, 1.82) is 0 Å². The van der Waals surface area contributed by atoms with E-state index in [4.69, 9.17) is 5.73 Å². The van der Waals surface area contributed by atoms with E-state index in [1.165, 1.54) is 19.2 Å². The average Bonchev–Trinajstić information content (AvgIpc) is 2.26. The van der Waals surface area contributed by atoms with Gasteiger partial charge in [0.25, 0.3) is 5.69 Å². The zero-order valence-corrected chi connectivity index (χ0v) is 9.32. The zero-order valence-electron chi connectivity index (χ0n) is 8.50. The Bertz CT molecular complexity index is 422. The molecular formula is C9H10N2O4S. The molecule has 2 N–H and O–H groups in total. The minimum absolute atomic E-state index is 0.0290. The highest BCUT2D eigenvalue weighted by atomic mass is 32.2. The van der Waals surface area contributed by atoms with Gasteiger partial charge in [-0.05, 0) is 12.1 Å². The van der Waals surface area contributed by atoms with Crippen molar-refractivity contribution in [1.82, 2.24) is 0 Å². The molecule has 7 heteroatoms. The highest BCUT2D eigenvalue weighted by molar-refractivity contribution is 8.00. The van der Waals surface area contributed by atoms with E-state index in [0.29, 0.717) is 10.6 Å². The van der Waals surface area contributed by atoms with Gasteiger partial charge in [0, 0.05) is 11.8 Å². The third kappa shape index (κ3) is 3.13. The van der Waals surface area contributed by atoms with Crippen molar-refractivity contribution in [2.45, 2.75) is 4.90 Å². The summed E-state index contributed by atoms with van der Waals surface area (Å²) in [6.07, 6.45) is 0. The topological polar surface area (TPSA) is 95.5 Å². The zero-order chi connectivity index (χ0) is 12.1. The van der Waals surface area contributed by atoms with Crippen LogP contribution in [0.3, 0.4) is 0 Å². The van der Waals surface area contributed by atoms with Crippen molar-refractivity contribution in [2.75, 3.05) is 18.6 Å². The van der Waals surface area contributed by atoms with Gasteiger partial charge in [-0.15, -0.1) is 11.8 Å². The second-order valence-electron chi connectivity index (χ2n) is 2.85. The van der Waals surface area contributed by atoms with E-state index in [9.17, 15) is 14.9 Å². The number of carbonyl (C=O) groups is 1. The summed E-state index contributed by atoms with van der Waals surface area (Å²) in [6.45, 7) is 0. The maximum absolute atomic E-state index is 10.9. The fourth-order valence-electron chi connectivity index (χ4n) is 0.995. The van der Waals surface area contributed by atoms with Gasteiger partial charge in [0.1, 0.15) is 0 Å². The van der Waals surface area contributed by atoms with Gasteiger partial charge in [-0.2, -0.15) is 0 Å². The number of thioether (sulfide) groups is 1. The number of nitro groups is 1. The molecule has 0 unspecified atom stereocenters. The summed E-state index contributed by atoms with van der Waals surface area (Å²) in [7, 11) is 1.26. The molecule has 16 heavy (non-hydrogen) atoms. The van der Waals surface area contributed by atoms with E-state index in [0.717, 1.165) is 11.8 Å². The molecule has 0 fully saturated rings. The molecule has 0 aliphatic rings. The normalized spacial score (nSPS) is 9.81. The van der Waals surface area contributed by atoms with Gasteiger partial charge in [0.2, 0.25) is 0 Å². The Morgan fingerprint density at radius 2 is 2.31 bits per heavy atom. The number of nitrogen functional groups attached to an aromatic ring is 1. The predicted octanol–water partition coefficient (Wildman–Crippen LogP) is 1.44. The lowest BCUT2D eigenvalue weighted by molar-refractivity contribution is -0.387. The molecule has 0 saturated carbocycles.